The summed E-state index contributed by atoms with van der Waals surface area (Å²) in [5, 5.41) is 3.11. The van der Waals surface area contributed by atoms with Crippen molar-refractivity contribution in [1.82, 2.24) is 0 Å². The molecule has 5 nitrogen and oxygen atoms in total. The maximum absolute atomic E-state index is 11.3. The lowest BCUT2D eigenvalue weighted by atomic mass is 10.1. The number of fused-ring (bicyclic) bond motifs is 1. The largest absolute Gasteiger partial charge is 0.489 e. The highest BCUT2D eigenvalue weighted by Crippen LogP contribution is 2.34. The van der Waals surface area contributed by atoms with Gasteiger partial charge in [-0.15, -0.1) is 0 Å². The summed E-state index contributed by atoms with van der Waals surface area (Å²) in [4.78, 5) is 11.3. The Kier molecular flexibility index (Phi) is 2.37. The Morgan fingerprint density at radius 2 is 2.40 bits per heavy atom. The number of carbonyl (C=O) groups excluding carboxylic acids is 1. The molecule has 80 valence electrons. The molecule has 0 saturated carbocycles. The van der Waals surface area contributed by atoms with E-state index in [-0.39, 0.29) is 0 Å². The van der Waals surface area contributed by atoms with E-state index in [2.05, 4.69) is 10.1 Å². The molecule has 0 radical (unpaired) electrons. The van der Waals surface area contributed by atoms with Crippen LogP contribution in [0.4, 0.5) is 11.4 Å². The summed E-state index contributed by atoms with van der Waals surface area (Å²) in [6, 6.07) is 3.20. The molecular formula is C10H12N2O3. The zero-order valence-corrected chi connectivity index (χ0v) is 8.37. The van der Waals surface area contributed by atoms with E-state index in [1.807, 2.05) is 0 Å². The molecule has 0 atom stereocenters. The van der Waals surface area contributed by atoms with Gasteiger partial charge in [0.15, 0.2) is 0 Å². The van der Waals surface area contributed by atoms with Crippen molar-refractivity contribution < 1.29 is 14.3 Å². The SMILES string of the molecule is COC(=O)c1cc(N)c2c(c1)OCCN2. The smallest absolute Gasteiger partial charge is 0.338 e. The molecule has 5 heteroatoms. The minimum absolute atomic E-state index is 0.400. The van der Waals surface area contributed by atoms with E-state index in [4.69, 9.17) is 10.5 Å². The van der Waals surface area contributed by atoms with Gasteiger partial charge in [0.2, 0.25) is 0 Å². The van der Waals surface area contributed by atoms with Gasteiger partial charge < -0.3 is 20.5 Å². The zero-order chi connectivity index (χ0) is 10.8. The first-order valence-electron chi connectivity index (χ1n) is 4.61. The fourth-order valence-electron chi connectivity index (χ4n) is 1.51. The molecule has 0 saturated heterocycles. The lowest BCUT2D eigenvalue weighted by molar-refractivity contribution is 0.0600. The van der Waals surface area contributed by atoms with Crippen LogP contribution in [0.2, 0.25) is 0 Å². The standard InChI is InChI=1S/C10H12N2O3/c1-14-10(13)6-4-7(11)9-8(5-6)15-3-2-12-9/h4-5,12H,2-3,11H2,1H3. The van der Waals surface area contributed by atoms with E-state index in [0.717, 1.165) is 12.2 Å². The monoisotopic (exact) mass is 208 g/mol. The van der Waals surface area contributed by atoms with Gasteiger partial charge in [-0.2, -0.15) is 0 Å². The zero-order valence-electron chi connectivity index (χ0n) is 8.37. The summed E-state index contributed by atoms with van der Waals surface area (Å²) in [5.41, 5.74) is 7.42. The molecule has 15 heavy (non-hydrogen) atoms. The van der Waals surface area contributed by atoms with Crippen LogP contribution in [0.3, 0.4) is 0 Å². The average molecular weight is 208 g/mol. The first kappa shape index (κ1) is 9.64. The predicted octanol–water partition coefficient (Wildman–Crippen LogP) is 0.860. The summed E-state index contributed by atoms with van der Waals surface area (Å²) in [6.07, 6.45) is 0. The summed E-state index contributed by atoms with van der Waals surface area (Å²) in [5.74, 6) is 0.181. The third-order valence-corrected chi connectivity index (χ3v) is 2.22. The van der Waals surface area contributed by atoms with Crippen LogP contribution in [0.1, 0.15) is 10.4 Å². The van der Waals surface area contributed by atoms with Gasteiger partial charge in [-0.05, 0) is 12.1 Å². The third kappa shape index (κ3) is 1.68. The number of methoxy groups -OCH3 is 1. The van der Waals surface area contributed by atoms with Gasteiger partial charge in [0, 0.05) is 6.54 Å². The van der Waals surface area contributed by atoms with Crippen LogP contribution >= 0.6 is 0 Å². The van der Waals surface area contributed by atoms with E-state index in [1.165, 1.54) is 7.11 Å². The number of nitrogens with two attached hydrogens (primary N) is 1. The third-order valence-electron chi connectivity index (χ3n) is 2.22. The summed E-state index contributed by atoms with van der Waals surface area (Å²) in [7, 11) is 1.33. The Hall–Kier alpha value is -1.91. The molecule has 1 aromatic rings. The highest BCUT2D eigenvalue weighted by Gasteiger charge is 2.17. The van der Waals surface area contributed by atoms with Crippen LogP contribution in [-0.2, 0) is 4.74 Å². The number of rotatable bonds is 1. The lowest BCUT2D eigenvalue weighted by Crippen LogP contribution is -2.19. The van der Waals surface area contributed by atoms with Crippen molar-refractivity contribution in [2.24, 2.45) is 0 Å². The number of ether oxygens (including phenoxy) is 2. The molecule has 3 N–H and O–H groups in total. The van der Waals surface area contributed by atoms with Crippen molar-refractivity contribution in [2.45, 2.75) is 0 Å². The first-order valence-corrected chi connectivity index (χ1v) is 4.61. The quantitative estimate of drug-likeness (QED) is 0.529. The van der Waals surface area contributed by atoms with Crippen molar-refractivity contribution in [2.75, 3.05) is 31.3 Å². The van der Waals surface area contributed by atoms with E-state index in [1.54, 1.807) is 12.1 Å². The van der Waals surface area contributed by atoms with Gasteiger partial charge in [0.25, 0.3) is 0 Å². The van der Waals surface area contributed by atoms with Gasteiger partial charge in [-0.25, -0.2) is 4.79 Å². The molecule has 0 unspecified atom stereocenters. The molecule has 0 amide bonds. The molecule has 0 bridgehead atoms. The molecule has 1 aliphatic heterocycles. The van der Waals surface area contributed by atoms with Crippen LogP contribution in [0.25, 0.3) is 0 Å². The second kappa shape index (κ2) is 3.68. The number of anilines is 2. The second-order valence-corrected chi connectivity index (χ2v) is 3.21. The van der Waals surface area contributed by atoms with Crippen LogP contribution < -0.4 is 15.8 Å². The van der Waals surface area contributed by atoms with Gasteiger partial charge in [-0.1, -0.05) is 0 Å². The fraction of sp³-hybridized carbons (Fsp3) is 0.300. The number of nitrogens with one attached hydrogen (secondary N) is 1. The number of hydrogen-bond donors (Lipinski definition) is 2. The average Bonchev–Trinajstić information content (AvgIpc) is 2.28. The fourth-order valence-corrected chi connectivity index (χ4v) is 1.51. The van der Waals surface area contributed by atoms with Crippen molar-refractivity contribution in [3.05, 3.63) is 17.7 Å². The number of benzene rings is 1. The molecule has 0 spiro atoms. The van der Waals surface area contributed by atoms with Gasteiger partial charge in [0.05, 0.1) is 18.4 Å². The lowest BCUT2D eigenvalue weighted by Gasteiger charge is -2.21. The Labute approximate surface area is 87.2 Å². The maximum Gasteiger partial charge on any atom is 0.338 e. The number of esters is 1. The summed E-state index contributed by atoms with van der Waals surface area (Å²) in [6.45, 7) is 1.28. The summed E-state index contributed by atoms with van der Waals surface area (Å²) < 4.78 is 10.0. The van der Waals surface area contributed by atoms with Crippen molar-refractivity contribution in [3.63, 3.8) is 0 Å². The number of nitrogen functional groups attached to an aromatic ring is 1. The molecule has 1 aromatic carbocycles. The Morgan fingerprint density at radius 3 is 3.13 bits per heavy atom. The minimum Gasteiger partial charge on any atom is -0.489 e. The topological polar surface area (TPSA) is 73.6 Å². The van der Waals surface area contributed by atoms with Gasteiger partial charge in [0.1, 0.15) is 18.0 Å². The first-order chi connectivity index (χ1) is 7.22. The van der Waals surface area contributed by atoms with E-state index >= 15 is 0 Å². The van der Waals surface area contributed by atoms with Crippen LogP contribution in [0.5, 0.6) is 5.75 Å². The molecule has 0 aliphatic carbocycles. The molecule has 1 aliphatic rings. The van der Waals surface area contributed by atoms with Crippen molar-refractivity contribution >= 4 is 17.3 Å². The highest BCUT2D eigenvalue weighted by molar-refractivity contribution is 5.93. The van der Waals surface area contributed by atoms with Gasteiger partial charge >= 0.3 is 5.97 Å². The highest BCUT2D eigenvalue weighted by atomic mass is 16.5. The normalized spacial score (nSPS) is 13.4. The predicted molar refractivity (Wildman–Crippen MR) is 56.2 cm³/mol. The van der Waals surface area contributed by atoms with Crippen LogP contribution in [-0.4, -0.2) is 26.2 Å². The van der Waals surface area contributed by atoms with Crippen molar-refractivity contribution in [3.8, 4) is 5.75 Å². The molecular weight excluding hydrogens is 196 g/mol. The molecule has 1 heterocycles. The van der Waals surface area contributed by atoms with E-state index < -0.39 is 5.97 Å². The minimum atomic E-state index is -0.418. The Bertz CT molecular complexity index is 404. The van der Waals surface area contributed by atoms with E-state index in [9.17, 15) is 4.79 Å². The van der Waals surface area contributed by atoms with Crippen LogP contribution in [0, 0.1) is 0 Å². The molecule has 0 fully saturated rings. The van der Waals surface area contributed by atoms with Crippen LogP contribution in [0.15, 0.2) is 12.1 Å². The van der Waals surface area contributed by atoms with Gasteiger partial charge in [-0.3, -0.25) is 0 Å². The molecule has 2 rings (SSSR count). The Morgan fingerprint density at radius 1 is 1.60 bits per heavy atom. The maximum atomic E-state index is 11.3. The van der Waals surface area contributed by atoms with E-state index in [0.29, 0.717) is 23.6 Å². The summed E-state index contributed by atoms with van der Waals surface area (Å²) >= 11 is 0. The second-order valence-electron chi connectivity index (χ2n) is 3.21. The number of hydrogen-bond acceptors (Lipinski definition) is 5. The number of carbonyl (C=O) groups is 1. The molecule has 0 aromatic heterocycles. The van der Waals surface area contributed by atoms with Crippen molar-refractivity contribution in [1.29, 1.82) is 0 Å². The Balaban J connectivity index is 2.45.